The van der Waals surface area contributed by atoms with Gasteiger partial charge >= 0.3 is 6.18 Å². The number of hydrogen-bond donors (Lipinski definition) is 0. The Hall–Kier alpha value is -2.96. The normalized spacial score (nSPS) is 11.8. The number of halogens is 3. The van der Waals surface area contributed by atoms with E-state index in [1.165, 1.54) is 11.8 Å². The summed E-state index contributed by atoms with van der Waals surface area (Å²) in [6.45, 7) is 12.3. The smallest absolute Gasteiger partial charge is 0.264 e. The van der Waals surface area contributed by atoms with Crippen molar-refractivity contribution in [2.75, 3.05) is 0 Å². The number of aliphatic imine (C=N–C) groups is 1. The van der Waals surface area contributed by atoms with Crippen molar-refractivity contribution in [2.45, 2.75) is 47.3 Å². The lowest BCUT2D eigenvalue weighted by molar-refractivity contribution is -0.142. The van der Waals surface area contributed by atoms with E-state index in [0.29, 0.717) is 28.2 Å². The van der Waals surface area contributed by atoms with Crippen molar-refractivity contribution in [2.24, 2.45) is 4.99 Å². The Morgan fingerprint density at radius 1 is 1.24 bits per heavy atom. The van der Waals surface area contributed by atoms with Crippen LogP contribution >= 0.6 is 0 Å². The molecule has 0 unspecified atom stereocenters. The summed E-state index contributed by atoms with van der Waals surface area (Å²) >= 11 is 0. The Kier molecular flexibility index (Phi) is 9.25. The fourth-order valence-corrected chi connectivity index (χ4v) is 2.14. The van der Waals surface area contributed by atoms with Gasteiger partial charge in [0, 0.05) is 35.4 Å². The van der Waals surface area contributed by atoms with Crippen LogP contribution in [0.5, 0.6) is 0 Å². The zero-order valence-corrected chi connectivity index (χ0v) is 17.5. The molecule has 2 heterocycles. The number of alkyl halides is 3. The fraction of sp³-hybridized carbons (Fsp3) is 0.318. The molecule has 0 aliphatic rings. The minimum absolute atomic E-state index is 0.394. The number of rotatable bonds is 5. The Bertz CT molecular complexity index is 885. The van der Waals surface area contributed by atoms with Crippen LogP contribution in [0.15, 0.2) is 71.8 Å². The van der Waals surface area contributed by atoms with Crippen LogP contribution < -0.4 is 0 Å². The van der Waals surface area contributed by atoms with Crippen LogP contribution in [-0.4, -0.2) is 26.7 Å². The highest BCUT2D eigenvalue weighted by atomic mass is 19.4. The largest absolute Gasteiger partial charge is 0.408 e. The molecule has 0 radical (unpaired) electrons. The third kappa shape index (κ3) is 8.72. The standard InChI is InChI=1S/C17H17F3N4.C5H10/c1-4-6-15(22-12(2)3)14-10-24(11-17(18,19)20)23-16(14)13-7-5-8-21-9-13;1-4-5(2)3/h4-10H,2,11H2,1,3H3;4H,1-3H3/b6-4-,22-15?;. The molecule has 0 saturated carbocycles. The first kappa shape index (κ1) is 24.1. The molecule has 29 heavy (non-hydrogen) atoms. The van der Waals surface area contributed by atoms with E-state index in [0.717, 1.165) is 4.68 Å². The zero-order chi connectivity index (χ0) is 22.0. The van der Waals surface area contributed by atoms with Crippen molar-refractivity contribution >= 4 is 5.71 Å². The molecule has 0 aliphatic carbocycles. The third-order valence-electron chi connectivity index (χ3n) is 3.53. The molecule has 0 amide bonds. The fourth-order valence-electron chi connectivity index (χ4n) is 2.14. The summed E-state index contributed by atoms with van der Waals surface area (Å²) in [5.74, 6) is 0. The average Bonchev–Trinajstić information content (AvgIpc) is 3.04. The first-order valence-electron chi connectivity index (χ1n) is 9.08. The van der Waals surface area contributed by atoms with E-state index in [-0.39, 0.29) is 0 Å². The number of nitrogens with zero attached hydrogens (tertiary/aromatic N) is 4. The Morgan fingerprint density at radius 2 is 1.90 bits per heavy atom. The second-order valence-corrected chi connectivity index (χ2v) is 6.54. The SMILES string of the molecule is C=C(C)N=C(/C=C\C)c1cn(CC(F)(F)F)nc1-c1cccnc1.CC=C(C)C. The third-order valence-corrected chi connectivity index (χ3v) is 3.53. The molecule has 2 rings (SSSR count). The monoisotopic (exact) mass is 404 g/mol. The minimum atomic E-state index is -4.36. The van der Waals surface area contributed by atoms with Gasteiger partial charge in [-0.3, -0.25) is 14.7 Å². The highest BCUT2D eigenvalue weighted by molar-refractivity contribution is 6.12. The Balaban J connectivity index is 0.000000749. The molecular weight excluding hydrogens is 377 g/mol. The molecule has 0 saturated heterocycles. The van der Waals surface area contributed by atoms with Crippen LogP contribution in [0.1, 0.15) is 40.2 Å². The molecule has 0 aromatic carbocycles. The van der Waals surface area contributed by atoms with Crippen molar-refractivity contribution in [3.05, 3.63) is 72.4 Å². The van der Waals surface area contributed by atoms with E-state index in [1.54, 1.807) is 50.5 Å². The second-order valence-electron chi connectivity index (χ2n) is 6.54. The van der Waals surface area contributed by atoms with E-state index >= 15 is 0 Å². The predicted molar refractivity (Wildman–Crippen MR) is 113 cm³/mol. The van der Waals surface area contributed by atoms with Gasteiger partial charge in [-0.25, -0.2) is 0 Å². The van der Waals surface area contributed by atoms with Crippen LogP contribution in [-0.2, 0) is 6.54 Å². The molecule has 0 fully saturated rings. The van der Waals surface area contributed by atoms with Crippen molar-refractivity contribution in [1.29, 1.82) is 0 Å². The summed E-state index contributed by atoms with van der Waals surface area (Å²) in [6.07, 6.45) is 5.68. The van der Waals surface area contributed by atoms with Crippen LogP contribution in [0.2, 0.25) is 0 Å². The summed E-state index contributed by atoms with van der Waals surface area (Å²) in [4.78, 5) is 8.32. The van der Waals surface area contributed by atoms with Gasteiger partial charge in [-0.1, -0.05) is 24.3 Å². The van der Waals surface area contributed by atoms with Crippen LogP contribution in [0, 0.1) is 0 Å². The van der Waals surface area contributed by atoms with Gasteiger partial charge in [0.25, 0.3) is 0 Å². The van der Waals surface area contributed by atoms with Crippen molar-refractivity contribution in [3.8, 4) is 11.3 Å². The molecule has 0 N–H and O–H groups in total. The molecule has 0 spiro atoms. The first-order valence-corrected chi connectivity index (χ1v) is 9.08. The van der Waals surface area contributed by atoms with E-state index < -0.39 is 12.7 Å². The van der Waals surface area contributed by atoms with Gasteiger partial charge in [-0.2, -0.15) is 18.3 Å². The Labute approximate surface area is 170 Å². The molecule has 2 aromatic rings. The maximum absolute atomic E-state index is 12.7. The van der Waals surface area contributed by atoms with Crippen molar-refractivity contribution in [3.63, 3.8) is 0 Å². The van der Waals surface area contributed by atoms with E-state index in [2.05, 4.69) is 41.6 Å². The lowest BCUT2D eigenvalue weighted by Gasteiger charge is -2.05. The van der Waals surface area contributed by atoms with Crippen LogP contribution in [0.4, 0.5) is 13.2 Å². The van der Waals surface area contributed by atoms with E-state index in [9.17, 15) is 13.2 Å². The Morgan fingerprint density at radius 3 is 2.34 bits per heavy atom. The molecule has 4 nitrogen and oxygen atoms in total. The van der Waals surface area contributed by atoms with Gasteiger partial charge in [0.1, 0.15) is 12.2 Å². The average molecular weight is 404 g/mol. The number of hydrogen-bond acceptors (Lipinski definition) is 3. The summed E-state index contributed by atoms with van der Waals surface area (Å²) in [5.41, 5.74) is 3.93. The highest BCUT2D eigenvalue weighted by Crippen LogP contribution is 2.25. The van der Waals surface area contributed by atoms with Gasteiger partial charge < -0.3 is 0 Å². The maximum atomic E-state index is 12.7. The topological polar surface area (TPSA) is 43.1 Å². The molecule has 0 bridgehead atoms. The number of pyridine rings is 1. The molecule has 0 atom stereocenters. The molecule has 156 valence electrons. The number of aromatic nitrogens is 3. The zero-order valence-electron chi connectivity index (χ0n) is 17.5. The quantitative estimate of drug-likeness (QED) is 0.429. The summed E-state index contributed by atoms with van der Waals surface area (Å²) in [6, 6.07) is 3.44. The summed E-state index contributed by atoms with van der Waals surface area (Å²) < 4.78 is 39.0. The molecule has 7 heteroatoms. The van der Waals surface area contributed by atoms with E-state index in [4.69, 9.17) is 0 Å². The number of allylic oxidation sites excluding steroid dienone is 5. The molecular formula is C22H27F3N4. The lowest BCUT2D eigenvalue weighted by atomic mass is 10.1. The summed E-state index contributed by atoms with van der Waals surface area (Å²) in [7, 11) is 0. The van der Waals surface area contributed by atoms with Crippen LogP contribution in [0.25, 0.3) is 11.3 Å². The van der Waals surface area contributed by atoms with Gasteiger partial charge in [0.2, 0.25) is 0 Å². The van der Waals surface area contributed by atoms with Gasteiger partial charge in [-0.05, 0) is 52.8 Å². The maximum Gasteiger partial charge on any atom is 0.408 e. The van der Waals surface area contributed by atoms with Gasteiger partial charge in [0.15, 0.2) is 0 Å². The van der Waals surface area contributed by atoms with E-state index in [1.807, 2.05) is 6.92 Å². The second kappa shape index (κ2) is 11.1. The lowest BCUT2D eigenvalue weighted by Crippen LogP contribution is -2.18. The van der Waals surface area contributed by atoms with Gasteiger partial charge in [0.05, 0.1) is 5.71 Å². The first-order chi connectivity index (χ1) is 13.6. The highest BCUT2D eigenvalue weighted by Gasteiger charge is 2.29. The van der Waals surface area contributed by atoms with Crippen molar-refractivity contribution in [1.82, 2.24) is 14.8 Å². The predicted octanol–water partition coefficient (Wildman–Crippen LogP) is 6.38. The van der Waals surface area contributed by atoms with Gasteiger partial charge in [-0.15, -0.1) is 0 Å². The molecule has 2 aromatic heterocycles. The summed E-state index contributed by atoms with van der Waals surface area (Å²) in [5, 5.41) is 4.09. The van der Waals surface area contributed by atoms with Crippen LogP contribution in [0.3, 0.4) is 0 Å². The molecule has 0 aliphatic heterocycles. The van der Waals surface area contributed by atoms with Crippen molar-refractivity contribution < 1.29 is 13.2 Å². The minimum Gasteiger partial charge on any atom is -0.264 e.